The summed E-state index contributed by atoms with van der Waals surface area (Å²) in [6.07, 6.45) is 3.32. The van der Waals surface area contributed by atoms with Gasteiger partial charge in [-0.25, -0.2) is 4.39 Å². The van der Waals surface area contributed by atoms with E-state index in [9.17, 15) is 4.39 Å². The molecule has 2 aromatic carbocycles. The summed E-state index contributed by atoms with van der Waals surface area (Å²) in [6, 6.07) is 11.8. The van der Waals surface area contributed by atoms with Gasteiger partial charge in [-0.2, -0.15) is 5.10 Å². The molecular formula is C19H20FN3O2S. The maximum absolute atomic E-state index is 13.7. The van der Waals surface area contributed by atoms with Crippen LogP contribution in [0.2, 0.25) is 0 Å². The van der Waals surface area contributed by atoms with E-state index in [1.165, 1.54) is 6.07 Å². The van der Waals surface area contributed by atoms with Crippen LogP contribution in [0.5, 0.6) is 11.5 Å². The Kier molecular flexibility index (Phi) is 7.57. The van der Waals surface area contributed by atoms with Crippen LogP contribution in [-0.2, 0) is 6.61 Å². The molecule has 0 unspecified atom stereocenters. The molecule has 0 spiro atoms. The summed E-state index contributed by atoms with van der Waals surface area (Å²) in [5.74, 6) is 0.428. The number of hydrogen-bond acceptors (Lipinski definition) is 4. The largest absolute Gasteiger partial charge is 0.496 e. The second-order valence-corrected chi connectivity index (χ2v) is 5.57. The van der Waals surface area contributed by atoms with E-state index in [1.807, 2.05) is 12.1 Å². The highest BCUT2D eigenvalue weighted by atomic mass is 32.1. The van der Waals surface area contributed by atoms with E-state index in [4.69, 9.17) is 21.7 Å². The average molecular weight is 373 g/mol. The van der Waals surface area contributed by atoms with Gasteiger partial charge in [0.15, 0.2) is 16.7 Å². The number of thiocarbonyl (C=S) groups is 1. The smallest absolute Gasteiger partial charge is 0.187 e. The van der Waals surface area contributed by atoms with Gasteiger partial charge in [0.05, 0.1) is 13.3 Å². The molecule has 7 heteroatoms. The molecule has 0 bridgehead atoms. The Morgan fingerprint density at radius 1 is 1.27 bits per heavy atom. The molecule has 2 N–H and O–H groups in total. The summed E-state index contributed by atoms with van der Waals surface area (Å²) in [5.41, 5.74) is 4.30. The van der Waals surface area contributed by atoms with Crippen molar-refractivity contribution >= 4 is 23.5 Å². The Morgan fingerprint density at radius 3 is 2.81 bits per heavy atom. The number of hydrogen-bond donors (Lipinski definition) is 2. The van der Waals surface area contributed by atoms with E-state index in [-0.39, 0.29) is 12.4 Å². The van der Waals surface area contributed by atoms with Gasteiger partial charge < -0.3 is 14.8 Å². The van der Waals surface area contributed by atoms with Crippen LogP contribution in [-0.4, -0.2) is 25.0 Å². The zero-order chi connectivity index (χ0) is 18.8. The number of rotatable bonds is 8. The van der Waals surface area contributed by atoms with E-state index in [0.717, 1.165) is 11.1 Å². The van der Waals surface area contributed by atoms with Crippen molar-refractivity contribution in [2.24, 2.45) is 5.10 Å². The standard InChI is InChI=1S/C19H20FN3O2S/c1-3-10-21-19(26)23-22-12-14-8-9-17(24-2)15(11-14)13-25-18-7-5-4-6-16(18)20/h3-9,11-12H,1,10,13H2,2H3,(H2,21,23,26)/b22-12+. The molecule has 26 heavy (non-hydrogen) atoms. The van der Waals surface area contributed by atoms with Gasteiger partial charge >= 0.3 is 0 Å². The third kappa shape index (κ3) is 5.86. The molecule has 136 valence electrons. The molecule has 0 aliphatic carbocycles. The first-order valence-electron chi connectivity index (χ1n) is 7.86. The third-order valence-corrected chi connectivity index (χ3v) is 3.55. The maximum Gasteiger partial charge on any atom is 0.187 e. The monoisotopic (exact) mass is 373 g/mol. The lowest BCUT2D eigenvalue weighted by molar-refractivity contribution is 0.282. The molecule has 0 saturated carbocycles. The lowest BCUT2D eigenvalue weighted by Crippen LogP contribution is -2.31. The predicted octanol–water partition coefficient (Wildman–Crippen LogP) is 3.40. The van der Waals surface area contributed by atoms with Crippen LogP contribution in [0.4, 0.5) is 4.39 Å². The molecule has 0 aromatic heterocycles. The van der Waals surface area contributed by atoms with Crippen LogP contribution in [0.3, 0.4) is 0 Å². The van der Waals surface area contributed by atoms with Gasteiger partial charge in [0.25, 0.3) is 0 Å². The second-order valence-electron chi connectivity index (χ2n) is 5.16. The molecule has 0 saturated heterocycles. The number of benzene rings is 2. The van der Waals surface area contributed by atoms with Crippen LogP contribution in [0.25, 0.3) is 0 Å². The molecule has 0 aliphatic rings. The van der Waals surface area contributed by atoms with Crippen molar-refractivity contribution in [3.8, 4) is 11.5 Å². The summed E-state index contributed by atoms with van der Waals surface area (Å²) >= 11 is 5.05. The van der Waals surface area contributed by atoms with Crippen LogP contribution >= 0.6 is 12.2 Å². The second kappa shape index (κ2) is 10.1. The van der Waals surface area contributed by atoms with Crippen LogP contribution < -0.4 is 20.2 Å². The van der Waals surface area contributed by atoms with Crippen molar-refractivity contribution in [2.45, 2.75) is 6.61 Å². The number of methoxy groups -OCH3 is 1. The van der Waals surface area contributed by atoms with Crippen LogP contribution in [0.15, 0.2) is 60.2 Å². The van der Waals surface area contributed by atoms with Crippen molar-refractivity contribution in [2.75, 3.05) is 13.7 Å². The van der Waals surface area contributed by atoms with E-state index < -0.39 is 5.82 Å². The number of para-hydroxylation sites is 1. The molecule has 2 rings (SSSR count). The Labute approximate surface area is 157 Å². The fraction of sp³-hybridized carbons (Fsp3) is 0.158. The quantitative estimate of drug-likeness (QED) is 0.321. The zero-order valence-electron chi connectivity index (χ0n) is 14.4. The molecule has 0 heterocycles. The summed E-state index contributed by atoms with van der Waals surface area (Å²) in [5, 5.41) is 7.37. The SMILES string of the molecule is C=CCNC(=S)N/N=C/c1ccc(OC)c(COc2ccccc2F)c1. The maximum atomic E-state index is 13.7. The van der Waals surface area contributed by atoms with Crippen LogP contribution in [0.1, 0.15) is 11.1 Å². The molecular weight excluding hydrogens is 353 g/mol. The van der Waals surface area contributed by atoms with E-state index in [0.29, 0.717) is 17.4 Å². The van der Waals surface area contributed by atoms with Gasteiger partial charge in [0, 0.05) is 12.1 Å². The number of ether oxygens (including phenoxy) is 2. The summed E-state index contributed by atoms with van der Waals surface area (Å²) in [6.45, 7) is 4.32. The molecule has 0 radical (unpaired) electrons. The highest BCUT2D eigenvalue weighted by Crippen LogP contribution is 2.23. The fourth-order valence-electron chi connectivity index (χ4n) is 2.08. The van der Waals surface area contributed by atoms with Crippen molar-refractivity contribution in [3.05, 3.63) is 72.1 Å². The lowest BCUT2D eigenvalue weighted by Gasteiger charge is -2.11. The Hall–Kier alpha value is -2.93. The van der Waals surface area contributed by atoms with Gasteiger partial charge in [-0.05, 0) is 48.1 Å². The van der Waals surface area contributed by atoms with E-state index in [1.54, 1.807) is 43.7 Å². The number of hydrazone groups is 1. The van der Waals surface area contributed by atoms with Gasteiger partial charge in [0.2, 0.25) is 0 Å². The van der Waals surface area contributed by atoms with Crippen LogP contribution in [0, 0.1) is 5.82 Å². The highest BCUT2D eigenvalue weighted by Gasteiger charge is 2.07. The molecule has 0 atom stereocenters. The lowest BCUT2D eigenvalue weighted by atomic mass is 10.1. The first-order valence-corrected chi connectivity index (χ1v) is 8.27. The summed E-state index contributed by atoms with van der Waals surface area (Å²) in [7, 11) is 1.57. The average Bonchev–Trinajstić information content (AvgIpc) is 2.66. The number of nitrogens with one attached hydrogen (secondary N) is 2. The van der Waals surface area contributed by atoms with Gasteiger partial charge in [-0.3, -0.25) is 5.43 Å². The number of halogens is 1. The zero-order valence-corrected chi connectivity index (χ0v) is 15.2. The number of nitrogens with zero attached hydrogens (tertiary/aromatic N) is 1. The molecule has 5 nitrogen and oxygen atoms in total. The molecule has 0 fully saturated rings. The predicted molar refractivity (Wildman–Crippen MR) is 105 cm³/mol. The van der Waals surface area contributed by atoms with Crippen molar-refractivity contribution in [3.63, 3.8) is 0 Å². The summed E-state index contributed by atoms with van der Waals surface area (Å²) in [4.78, 5) is 0. The minimum atomic E-state index is -0.408. The van der Waals surface area contributed by atoms with Crippen molar-refractivity contribution < 1.29 is 13.9 Å². The van der Waals surface area contributed by atoms with E-state index in [2.05, 4.69) is 22.4 Å². The van der Waals surface area contributed by atoms with Gasteiger partial charge in [-0.1, -0.05) is 18.2 Å². The first kappa shape index (κ1) is 19.4. The Bertz CT molecular complexity index is 796. The van der Waals surface area contributed by atoms with E-state index >= 15 is 0 Å². The fourth-order valence-corrected chi connectivity index (χ4v) is 2.21. The highest BCUT2D eigenvalue weighted by molar-refractivity contribution is 7.80. The first-order chi connectivity index (χ1) is 12.6. The van der Waals surface area contributed by atoms with Gasteiger partial charge in [0.1, 0.15) is 12.4 Å². The topological polar surface area (TPSA) is 54.9 Å². The summed E-state index contributed by atoms with van der Waals surface area (Å²) < 4.78 is 24.6. The minimum Gasteiger partial charge on any atom is -0.496 e. The van der Waals surface area contributed by atoms with Crippen molar-refractivity contribution in [1.29, 1.82) is 0 Å². The minimum absolute atomic E-state index is 0.165. The Balaban J connectivity index is 2.04. The Morgan fingerprint density at radius 2 is 2.08 bits per heavy atom. The third-order valence-electron chi connectivity index (χ3n) is 3.31. The normalized spacial score (nSPS) is 10.4. The van der Waals surface area contributed by atoms with Crippen molar-refractivity contribution in [1.82, 2.24) is 10.7 Å². The molecule has 2 aromatic rings. The van der Waals surface area contributed by atoms with Gasteiger partial charge in [-0.15, -0.1) is 6.58 Å². The molecule has 0 amide bonds. The molecule has 0 aliphatic heterocycles.